The number of hydrogen-bond donors (Lipinski definition) is 1. The first-order chi connectivity index (χ1) is 6.67. The molecule has 1 N–H and O–H groups in total. The van der Waals surface area contributed by atoms with E-state index in [0.717, 1.165) is 4.47 Å². The van der Waals surface area contributed by atoms with Gasteiger partial charge in [-0.2, -0.15) is 0 Å². The maximum atomic E-state index is 10.9. The Labute approximate surface area is 90.3 Å². The summed E-state index contributed by atoms with van der Waals surface area (Å²) in [5.41, 5.74) is 0.643. The van der Waals surface area contributed by atoms with Crippen LogP contribution in [0.2, 0.25) is 0 Å². The molecule has 0 atom stereocenters. The standard InChI is InChI=1S/C9H10BrNO3/c1-13-8-4-3-6(5-7(8)10)11-9(12)14-2/h3-5H,1-2H3,(H,11,12). The molecule has 0 bridgehead atoms. The molecule has 0 saturated heterocycles. The van der Waals surface area contributed by atoms with Gasteiger partial charge in [0.1, 0.15) is 5.75 Å². The Morgan fingerprint density at radius 3 is 2.64 bits per heavy atom. The van der Waals surface area contributed by atoms with Crippen molar-refractivity contribution in [1.29, 1.82) is 0 Å². The maximum Gasteiger partial charge on any atom is 0.411 e. The third kappa shape index (κ3) is 2.63. The molecule has 0 spiro atoms. The van der Waals surface area contributed by atoms with Gasteiger partial charge in [-0.15, -0.1) is 0 Å². The third-order valence-corrected chi connectivity index (χ3v) is 2.20. The summed E-state index contributed by atoms with van der Waals surface area (Å²) in [5, 5.41) is 2.54. The Hall–Kier alpha value is -1.23. The van der Waals surface area contributed by atoms with Gasteiger partial charge < -0.3 is 9.47 Å². The number of benzene rings is 1. The molecule has 14 heavy (non-hydrogen) atoms. The summed E-state index contributed by atoms with van der Waals surface area (Å²) in [4.78, 5) is 10.9. The first kappa shape index (κ1) is 10.8. The van der Waals surface area contributed by atoms with Crippen LogP contribution in [0.4, 0.5) is 10.5 Å². The van der Waals surface area contributed by atoms with Crippen molar-refractivity contribution in [3.05, 3.63) is 22.7 Å². The molecule has 0 fully saturated rings. The molecule has 1 rings (SSSR count). The Balaban J connectivity index is 2.81. The predicted molar refractivity (Wildman–Crippen MR) is 56.7 cm³/mol. The molecule has 76 valence electrons. The van der Waals surface area contributed by atoms with Crippen molar-refractivity contribution < 1.29 is 14.3 Å². The van der Waals surface area contributed by atoms with E-state index in [-0.39, 0.29) is 0 Å². The lowest BCUT2D eigenvalue weighted by molar-refractivity contribution is 0.187. The molecule has 0 radical (unpaired) electrons. The van der Waals surface area contributed by atoms with Gasteiger partial charge in [0.15, 0.2) is 0 Å². The molecule has 0 aliphatic heterocycles. The maximum absolute atomic E-state index is 10.9. The summed E-state index contributed by atoms with van der Waals surface area (Å²) in [6.45, 7) is 0. The molecule has 4 nitrogen and oxygen atoms in total. The van der Waals surface area contributed by atoms with Gasteiger partial charge in [-0.05, 0) is 34.1 Å². The van der Waals surface area contributed by atoms with E-state index < -0.39 is 6.09 Å². The number of carbonyl (C=O) groups excluding carboxylic acids is 1. The van der Waals surface area contributed by atoms with Crippen molar-refractivity contribution in [3.63, 3.8) is 0 Å². The number of carbonyl (C=O) groups is 1. The van der Waals surface area contributed by atoms with Gasteiger partial charge in [0.25, 0.3) is 0 Å². The van der Waals surface area contributed by atoms with Crippen LogP contribution in [0.3, 0.4) is 0 Å². The summed E-state index contributed by atoms with van der Waals surface area (Å²) < 4.78 is 10.3. The first-order valence-corrected chi connectivity index (χ1v) is 4.65. The third-order valence-electron chi connectivity index (χ3n) is 1.58. The Bertz CT molecular complexity index is 341. The average Bonchev–Trinajstić information content (AvgIpc) is 2.18. The molecular formula is C9H10BrNO3. The molecule has 0 aliphatic rings. The van der Waals surface area contributed by atoms with Gasteiger partial charge in [0, 0.05) is 5.69 Å². The second-order valence-electron chi connectivity index (χ2n) is 2.47. The number of ether oxygens (including phenoxy) is 2. The van der Waals surface area contributed by atoms with E-state index in [2.05, 4.69) is 26.0 Å². The van der Waals surface area contributed by atoms with Crippen LogP contribution in [0.1, 0.15) is 0 Å². The molecule has 0 aliphatic carbocycles. The van der Waals surface area contributed by atoms with E-state index >= 15 is 0 Å². The zero-order valence-electron chi connectivity index (χ0n) is 7.83. The van der Waals surface area contributed by atoms with E-state index in [1.54, 1.807) is 25.3 Å². The topological polar surface area (TPSA) is 47.6 Å². The molecule has 1 aromatic carbocycles. The van der Waals surface area contributed by atoms with Crippen molar-refractivity contribution >= 4 is 27.7 Å². The normalized spacial score (nSPS) is 9.36. The second kappa shape index (κ2) is 4.85. The van der Waals surface area contributed by atoms with Crippen LogP contribution < -0.4 is 10.1 Å². The van der Waals surface area contributed by atoms with Crippen LogP contribution in [0, 0.1) is 0 Å². The molecular weight excluding hydrogens is 250 g/mol. The Morgan fingerprint density at radius 1 is 1.43 bits per heavy atom. The highest BCUT2D eigenvalue weighted by Gasteiger charge is 2.04. The number of rotatable bonds is 2. The summed E-state index contributed by atoms with van der Waals surface area (Å²) in [7, 11) is 2.89. The number of nitrogens with one attached hydrogen (secondary N) is 1. The number of hydrogen-bond acceptors (Lipinski definition) is 3. The van der Waals surface area contributed by atoms with Gasteiger partial charge in [0.05, 0.1) is 18.7 Å². The van der Waals surface area contributed by atoms with Gasteiger partial charge in [-0.3, -0.25) is 5.32 Å². The molecule has 5 heteroatoms. The van der Waals surface area contributed by atoms with Crippen molar-refractivity contribution in [2.75, 3.05) is 19.5 Å². The molecule has 0 saturated carbocycles. The lowest BCUT2D eigenvalue weighted by Gasteiger charge is -2.06. The zero-order valence-corrected chi connectivity index (χ0v) is 9.42. The van der Waals surface area contributed by atoms with Crippen LogP contribution in [0.15, 0.2) is 22.7 Å². The summed E-state index contributed by atoms with van der Waals surface area (Å²) >= 11 is 3.30. The number of anilines is 1. The van der Waals surface area contributed by atoms with E-state index in [4.69, 9.17) is 4.74 Å². The predicted octanol–water partition coefficient (Wildman–Crippen LogP) is 2.64. The Morgan fingerprint density at radius 2 is 2.14 bits per heavy atom. The highest BCUT2D eigenvalue weighted by molar-refractivity contribution is 9.10. The first-order valence-electron chi connectivity index (χ1n) is 3.86. The van der Waals surface area contributed by atoms with Crippen molar-refractivity contribution in [3.8, 4) is 5.75 Å². The van der Waals surface area contributed by atoms with Gasteiger partial charge >= 0.3 is 6.09 Å². The average molecular weight is 260 g/mol. The fraction of sp³-hybridized carbons (Fsp3) is 0.222. The lowest BCUT2D eigenvalue weighted by atomic mass is 10.3. The van der Waals surface area contributed by atoms with Crippen LogP contribution in [0.5, 0.6) is 5.75 Å². The number of amides is 1. The molecule has 0 aromatic heterocycles. The minimum atomic E-state index is -0.498. The van der Waals surface area contributed by atoms with E-state index in [1.165, 1.54) is 7.11 Å². The monoisotopic (exact) mass is 259 g/mol. The van der Waals surface area contributed by atoms with Crippen molar-refractivity contribution in [2.24, 2.45) is 0 Å². The van der Waals surface area contributed by atoms with Crippen molar-refractivity contribution in [2.45, 2.75) is 0 Å². The lowest BCUT2D eigenvalue weighted by Crippen LogP contribution is -2.10. The van der Waals surface area contributed by atoms with E-state index in [0.29, 0.717) is 11.4 Å². The van der Waals surface area contributed by atoms with Gasteiger partial charge in [-0.25, -0.2) is 4.79 Å². The largest absolute Gasteiger partial charge is 0.496 e. The van der Waals surface area contributed by atoms with Crippen LogP contribution in [0.25, 0.3) is 0 Å². The van der Waals surface area contributed by atoms with Crippen molar-refractivity contribution in [1.82, 2.24) is 0 Å². The summed E-state index contributed by atoms with van der Waals surface area (Å²) in [5.74, 6) is 0.709. The van der Waals surface area contributed by atoms with E-state index in [9.17, 15) is 4.79 Å². The fourth-order valence-corrected chi connectivity index (χ4v) is 1.45. The second-order valence-corrected chi connectivity index (χ2v) is 3.32. The van der Waals surface area contributed by atoms with Gasteiger partial charge in [-0.1, -0.05) is 0 Å². The highest BCUT2D eigenvalue weighted by atomic mass is 79.9. The molecule has 0 unspecified atom stereocenters. The number of methoxy groups -OCH3 is 2. The quantitative estimate of drug-likeness (QED) is 0.889. The SMILES string of the molecule is COC(=O)Nc1ccc(OC)c(Br)c1. The molecule has 1 aromatic rings. The van der Waals surface area contributed by atoms with Crippen LogP contribution in [-0.4, -0.2) is 20.3 Å². The minimum absolute atomic E-state index is 0.498. The zero-order chi connectivity index (χ0) is 10.6. The molecule has 0 heterocycles. The van der Waals surface area contributed by atoms with E-state index in [1.807, 2.05) is 0 Å². The smallest absolute Gasteiger partial charge is 0.411 e. The minimum Gasteiger partial charge on any atom is -0.496 e. The summed E-state index contributed by atoms with van der Waals surface area (Å²) in [6, 6.07) is 5.20. The Kier molecular flexibility index (Phi) is 3.76. The summed E-state index contributed by atoms with van der Waals surface area (Å²) in [6.07, 6.45) is -0.498. The van der Waals surface area contributed by atoms with Crippen LogP contribution in [-0.2, 0) is 4.74 Å². The fourth-order valence-electron chi connectivity index (χ4n) is 0.913. The number of halogens is 1. The molecule has 1 amide bonds. The van der Waals surface area contributed by atoms with Gasteiger partial charge in [0.2, 0.25) is 0 Å². The van der Waals surface area contributed by atoms with Crippen LogP contribution >= 0.6 is 15.9 Å². The highest BCUT2D eigenvalue weighted by Crippen LogP contribution is 2.27.